The van der Waals surface area contributed by atoms with Gasteiger partial charge >= 0.3 is 17.8 Å². The number of nitrogens with zero attached hydrogens (tertiary/aromatic N) is 2. The topological polar surface area (TPSA) is 62.1 Å². The normalized spacial score (nSPS) is 43.9. The molecule has 4 bridgehead atoms. The summed E-state index contributed by atoms with van der Waals surface area (Å²) in [5.41, 5.74) is -0.366. The Kier molecular flexibility index (Phi) is 4.12. The zero-order valence-corrected chi connectivity index (χ0v) is 16.4. The molecule has 6 fully saturated rings. The molecule has 0 aromatic carbocycles. The van der Waals surface area contributed by atoms with Crippen LogP contribution in [0.3, 0.4) is 0 Å². The largest absolute Gasteiger partial charge is 0.339 e. The molecule has 0 radical (unpaired) electrons. The fourth-order valence-corrected chi connectivity index (χ4v) is 7.46. The van der Waals surface area contributed by atoms with Crippen molar-refractivity contribution in [3.8, 4) is 0 Å². The van der Waals surface area contributed by atoms with E-state index in [4.69, 9.17) is 0 Å². The van der Waals surface area contributed by atoms with Gasteiger partial charge in [-0.05, 0) is 82.0 Å². The van der Waals surface area contributed by atoms with Gasteiger partial charge in [-0.1, -0.05) is 6.92 Å². The summed E-state index contributed by atoms with van der Waals surface area (Å²) < 4.78 is 0. The molecule has 6 heteroatoms. The van der Waals surface area contributed by atoms with Crippen LogP contribution in [0.15, 0.2) is 0 Å². The number of nitrogens with one attached hydrogen (secondary N) is 1. The average molecular weight is 375 g/mol. The van der Waals surface area contributed by atoms with E-state index in [0.29, 0.717) is 30.5 Å². The molecular weight excluding hydrogens is 342 g/mol. The molecule has 4 aliphatic carbocycles. The fraction of sp³-hybridized carbons (Fsp3) is 0.857. The minimum atomic E-state index is -0.580. The molecule has 2 heterocycles. The minimum absolute atomic E-state index is 0.320. The zero-order valence-electron chi connectivity index (χ0n) is 16.4. The molecule has 2 atom stereocenters. The van der Waals surface area contributed by atoms with E-state index in [1.54, 1.807) is 0 Å². The van der Waals surface area contributed by atoms with Crippen LogP contribution in [0.25, 0.3) is 0 Å². The lowest BCUT2D eigenvalue weighted by Gasteiger charge is -2.58. The van der Waals surface area contributed by atoms with Crippen molar-refractivity contribution in [3.63, 3.8) is 0 Å². The van der Waals surface area contributed by atoms with E-state index in [-0.39, 0.29) is 11.6 Å². The van der Waals surface area contributed by atoms with E-state index >= 15 is 0 Å². The molecule has 2 aliphatic heterocycles. The Balaban J connectivity index is 1.39. The van der Waals surface area contributed by atoms with E-state index in [0.717, 1.165) is 45.1 Å². The van der Waals surface area contributed by atoms with Crippen molar-refractivity contribution in [2.75, 3.05) is 13.2 Å². The summed E-state index contributed by atoms with van der Waals surface area (Å²) in [6.45, 7) is 3.53. The summed E-state index contributed by atoms with van der Waals surface area (Å²) in [5, 5.41) is 0. The van der Waals surface area contributed by atoms with E-state index in [9.17, 15) is 14.4 Å². The number of carbonyl (C=O) groups is 3. The smallest absolute Gasteiger partial charge is 0.315 e. The number of likely N-dealkylation sites (tertiary alicyclic amines) is 1. The van der Waals surface area contributed by atoms with Crippen molar-refractivity contribution in [2.45, 2.75) is 82.7 Å². The second kappa shape index (κ2) is 6.29. The predicted octanol–water partition coefficient (Wildman–Crippen LogP) is 1.55. The quantitative estimate of drug-likeness (QED) is 0.600. The molecule has 6 nitrogen and oxygen atoms in total. The van der Waals surface area contributed by atoms with Crippen LogP contribution >= 0.6 is 0 Å². The van der Waals surface area contributed by atoms with E-state index in [1.165, 1.54) is 40.4 Å². The van der Waals surface area contributed by atoms with Crippen LogP contribution in [0, 0.1) is 17.8 Å². The molecule has 0 aromatic rings. The highest BCUT2D eigenvalue weighted by Gasteiger charge is 2.61. The first-order valence-corrected chi connectivity index (χ1v) is 11.1. The molecular formula is C21H32N3O3+. The maximum absolute atomic E-state index is 13.3. The Morgan fingerprint density at radius 2 is 1.59 bits per heavy atom. The molecule has 6 aliphatic rings. The molecule has 4 saturated carbocycles. The van der Waals surface area contributed by atoms with Gasteiger partial charge in [0.05, 0.1) is 18.1 Å². The second-order valence-electron chi connectivity index (χ2n) is 9.97. The first-order valence-electron chi connectivity index (χ1n) is 11.1. The van der Waals surface area contributed by atoms with Crippen LogP contribution in [0.2, 0.25) is 0 Å². The average Bonchev–Trinajstić information content (AvgIpc) is 2.85. The molecule has 2 saturated heterocycles. The first-order chi connectivity index (χ1) is 13.0. The maximum atomic E-state index is 13.3. The minimum Gasteiger partial charge on any atom is -0.315 e. The number of urea groups is 1. The van der Waals surface area contributed by atoms with E-state index in [2.05, 4.69) is 6.92 Å². The van der Waals surface area contributed by atoms with Crippen LogP contribution in [0.1, 0.15) is 71.1 Å². The summed E-state index contributed by atoms with van der Waals surface area (Å²) in [6, 6.07) is 0.169. The van der Waals surface area contributed by atoms with Crippen molar-refractivity contribution in [1.29, 1.82) is 0 Å². The Morgan fingerprint density at radius 3 is 2.19 bits per heavy atom. The third-order valence-electron chi connectivity index (χ3n) is 8.27. The van der Waals surface area contributed by atoms with Crippen molar-refractivity contribution < 1.29 is 19.3 Å². The number of hydrogen-bond donors (Lipinski definition) is 1. The van der Waals surface area contributed by atoms with Gasteiger partial charge in [-0.25, -0.2) is 14.6 Å². The van der Waals surface area contributed by atoms with Gasteiger partial charge in [-0.3, -0.25) is 9.59 Å². The van der Waals surface area contributed by atoms with Crippen molar-refractivity contribution in [1.82, 2.24) is 9.80 Å². The number of carbonyl (C=O) groups excluding carboxylic acids is 3. The standard InChI is InChI=1S/C21H31N3O3/c1-2-17-5-3-4-6-22(17)13-23-18(25)19(26)24(20(23)27)21-10-14-7-15(11-21)9-16(8-14)12-21/h14-17H,2-13H2,1H3/p+1/t14?,15?,16?,17-,21?/m0/s1. The second-order valence-corrected chi connectivity index (χ2v) is 9.97. The number of hydrogen-bond acceptors (Lipinski definition) is 3. The Bertz CT molecular complexity index is 640. The number of amides is 4. The monoisotopic (exact) mass is 374 g/mol. The SMILES string of the molecule is CC[C@H]1CCCC[NH+]1CN1C(=O)C(=O)N(C23CC4CC(CC(C4)C2)C3)C1=O. The van der Waals surface area contributed by atoms with Crippen molar-refractivity contribution in [2.24, 2.45) is 17.8 Å². The lowest BCUT2D eigenvalue weighted by atomic mass is 9.52. The molecule has 4 amide bonds. The van der Waals surface area contributed by atoms with E-state index in [1.807, 2.05) is 0 Å². The van der Waals surface area contributed by atoms with Gasteiger partial charge in [0.15, 0.2) is 6.67 Å². The van der Waals surface area contributed by atoms with Gasteiger partial charge in [-0.2, -0.15) is 0 Å². The van der Waals surface area contributed by atoms with Crippen LogP contribution < -0.4 is 4.90 Å². The number of piperidine rings is 1. The fourth-order valence-electron chi connectivity index (χ4n) is 7.46. The first kappa shape index (κ1) is 17.7. The maximum Gasteiger partial charge on any atom is 0.339 e. The summed E-state index contributed by atoms with van der Waals surface area (Å²) in [5.74, 6) is 0.782. The van der Waals surface area contributed by atoms with Gasteiger partial charge in [0.2, 0.25) is 0 Å². The molecule has 27 heavy (non-hydrogen) atoms. The molecule has 1 unspecified atom stereocenters. The Labute approximate surface area is 161 Å². The summed E-state index contributed by atoms with van der Waals surface area (Å²) in [6.07, 6.45) is 11.1. The van der Waals surface area contributed by atoms with Crippen molar-refractivity contribution in [3.05, 3.63) is 0 Å². The van der Waals surface area contributed by atoms with Crippen LogP contribution in [0.4, 0.5) is 4.79 Å². The number of rotatable bonds is 4. The number of imide groups is 2. The predicted molar refractivity (Wildman–Crippen MR) is 98.6 cm³/mol. The Hall–Kier alpha value is -1.43. The molecule has 6 rings (SSSR count). The number of quaternary nitrogens is 1. The summed E-state index contributed by atoms with van der Waals surface area (Å²) in [7, 11) is 0. The molecule has 0 aromatic heterocycles. The van der Waals surface area contributed by atoms with Gasteiger partial charge in [-0.15, -0.1) is 0 Å². The van der Waals surface area contributed by atoms with Gasteiger partial charge in [0, 0.05) is 0 Å². The molecule has 148 valence electrons. The lowest BCUT2D eigenvalue weighted by molar-refractivity contribution is -0.937. The Morgan fingerprint density at radius 1 is 0.963 bits per heavy atom. The highest BCUT2D eigenvalue weighted by molar-refractivity contribution is 6.44. The summed E-state index contributed by atoms with van der Waals surface area (Å²) in [4.78, 5) is 43.0. The lowest BCUT2D eigenvalue weighted by Crippen LogP contribution is -3.18. The third kappa shape index (κ3) is 2.66. The van der Waals surface area contributed by atoms with Crippen LogP contribution in [-0.2, 0) is 9.59 Å². The zero-order chi connectivity index (χ0) is 18.8. The highest BCUT2D eigenvalue weighted by Crippen LogP contribution is 2.58. The van der Waals surface area contributed by atoms with Crippen LogP contribution in [0.5, 0.6) is 0 Å². The molecule has 1 N–H and O–H groups in total. The van der Waals surface area contributed by atoms with Gasteiger partial charge in [0.25, 0.3) is 0 Å². The summed E-state index contributed by atoms with van der Waals surface area (Å²) >= 11 is 0. The van der Waals surface area contributed by atoms with Gasteiger partial charge < -0.3 is 4.90 Å². The molecule has 0 spiro atoms. The highest BCUT2D eigenvalue weighted by atomic mass is 16.2. The van der Waals surface area contributed by atoms with Gasteiger partial charge in [0.1, 0.15) is 0 Å². The van der Waals surface area contributed by atoms with Crippen LogP contribution in [-0.4, -0.2) is 52.4 Å². The van der Waals surface area contributed by atoms with E-state index < -0.39 is 11.8 Å². The third-order valence-corrected chi connectivity index (χ3v) is 8.27. The van der Waals surface area contributed by atoms with Crippen molar-refractivity contribution >= 4 is 17.8 Å².